The molecule has 1 rings (SSSR count). The van der Waals surface area contributed by atoms with E-state index in [4.69, 9.17) is 14.6 Å². The van der Waals surface area contributed by atoms with Gasteiger partial charge in [-0.2, -0.15) is 0 Å². The average molecular weight is 282 g/mol. The van der Waals surface area contributed by atoms with Crippen molar-refractivity contribution >= 4 is 17.1 Å². The van der Waals surface area contributed by atoms with Gasteiger partial charge in [-0.1, -0.05) is 0 Å². The molecule has 1 fully saturated rings. The van der Waals surface area contributed by atoms with Gasteiger partial charge in [-0.3, -0.25) is 0 Å². The zero-order valence-corrected chi connectivity index (χ0v) is 10.9. The standard InChI is InChI=1S/C10H18O7S/c1-4(2)16-10(15)18-9-8(14)7(13)6(12)5(3-11)17-9/h4-9,11-14H,3H2,1-2H3/t5-,6-,7+,8-,9?/m1/s1. The molecule has 1 saturated heterocycles. The summed E-state index contributed by atoms with van der Waals surface area (Å²) in [5.41, 5.74) is -1.09. The Labute approximate surface area is 109 Å². The number of hydrogen-bond acceptors (Lipinski definition) is 8. The lowest BCUT2D eigenvalue weighted by molar-refractivity contribution is -0.205. The molecule has 0 bridgehead atoms. The van der Waals surface area contributed by atoms with Gasteiger partial charge in [0, 0.05) is 0 Å². The monoisotopic (exact) mass is 282 g/mol. The zero-order valence-electron chi connectivity index (χ0n) is 10.1. The first-order valence-electron chi connectivity index (χ1n) is 5.54. The van der Waals surface area contributed by atoms with Gasteiger partial charge >= 0.3 is 5.30 Å². The summed E-state index contributed by atoms with van der Waals surface area (Å²) in [6.07, 6.45) is -5.68. The van der Waals surface area contributed by atoms with Gasteiger partial charge in [-0.05, 0) is 25.6 Å². The Hall–Kier alpha value is -0.380. The molecule has 4 N–H and O–H groups in total. The number of aliphatic hydroxyl groups excluding tert-OH is 4. The highest BCUT2D eigenvalue weighted by atomic mass is 32.2. The predicted octanol–water partition coefficient (Wildman–Crippen LogP) is -0.936. The minimum absolute atomic E-state index is 0.310. The molecular formula is C10H18O7S. The number of aliphatic hydroxyl groups is 4. The minimum Gasteiger partial charge on any atom is -0.455 e. The van der Waals surface area contributed by atoms with Crippen LogP contribution < -0.4 is 0 Å². The van der Waals surface area contributed by atoms with Crippen molar-refractivity contribution in [2.75, 3.05) is 6.61 Å². The Morgan fingerprint density at radius 3 is 2.39 bits per heavy atom. The molecule has 0 radical (unpaired) electrons. The first-order chi connectivity index (χ1) is 8.36. The molecule has 0 aromatic heterocycles. The molecule has 0 saturated carbocycles. The first kappa shape index (κ1) is 15.7. The number of thioether (sulfide) groups is 1. The maximum absolute atomic E-state index is 11.4. The van der Waals surface area contributed by atoms with Crippen molar-refractivity contribution in [1.29, 1.82) is 0 Å². The third-order valence-corrected chi connectivity index (χ3v) is 3.30. The van der Waals surface area contributed by atoms with Crippen LogP contribution in [0.25, 0.3) is 0 Å². The molecule has 106 valence electrons. The Morgan fingerprint density at radius 1 is 1.28 bits per heavy atom. The van der Waals surface area contributed by atoms with Crippen molar-refractivity contribution < 1.29 is 34.7 Å². The summed E-state index contributed by atoms with van der Waals surface area (Å²) in [5, 5.41) is 37.0. The van der Waals surface area contributed by atoms with Crippen LogP contribution >= 0.6 is 11.8 Å². The van der Waals surface area contributed by atoms with Crippen molar-refractivity contribution in [2.24, 2.45) is 0 Å². The molecule has 0 aromatic rings. The number of carbonyl (C=O) groups is 1. The summed E-state index contributed by atoms with van der Waals surface area (Å²) < 4.78 is 9.99. The Balaban J connectivity index is 2.61. The van der Waals surface area contributed by atoms with E-state index in [1.807, 2.05) is 0 Å². The minimum atomic E-state index is -1.49. The number of hydrogen-bond donors (Lipinski definition) is 4. The molecule has 1 heterocycles. The van der Waals surface area contributed by atoms with Crippen molar-refractivity contribution in [3.05, 3.63) is 0 Å². The molecule has 0 amide bonds. The normalized spacial score (nSPS) is 36.7. The molecule has 0 aliphatic carbocycles. The van der Waals surface area contributed by atoms with Gasteiger partial charge in [0.25, 0.3) is 0 Å². The van der Waals surface area contributed by atoms with E-state index >= 15 is 0 Å². The van der Waals surface area contributed by atoms with Crippen LogP contribution in [0, 0.1) is 0 Å². The molecule has 1 unspecified atom stereocenters. The zero-order chi connectivity index (χ0) is 13.9. The topological polar surface area (TPSA) is 116 Å². The van der Waals surface area contributed by atoms with E-state index in [9.17, 15) is 20.1 Å². The molecule has 5 atom stereocenters. The summed E-state index contributed by atoms with van der Waals surface area (Å²) in [6.45, 7) is 2.82. The molecule has 1 aliphatic rings. The van der Waals surface area contributed by atoms with Crippen molar-refractivity contribution in [3.8, 4) is 0 Å². The van der Waals surface area contributed by atoms with Crippen LogP contribution in [0.5, 0.6) is 0 Å². The van der Waals surface area contributed by atoms with Gasteiger partial charge in [-0.15, -0.1) is 0 Å². The van der Waals surface area contributed by atoms with Crippen LogP contribution in [-0.2, 0) is 9.47 Å². The van der Waals surface area contributed by atoms with Crippen LogP contribution in [0.1, 0.15) is 13.8 Å². The second-order valence-corrected chi connectivity index (χ2v) is 5.27. The van der Waals surface area contributed by atoms with Crippen LogP contribution in [-0.4, -0.2) is 68.3 Å². The number of carbonyl (C=O) groups excluding carboxylic acids is 1. The van der Waals surface area contributed by atoms with Crippen LogP contribution in [0.3, 0.4) is 0 Å². The van der Waals surface area contributed by atoms with Gasteiger partial charge in [0.05, 0.1) is 12.7 Å². The third kappa shape index (κ3) is 3.81. The highest BCUT2D eigenvalue weighted by Crippen LogP contribution is 2.29. The largest absolute Gasteiger partial charge is 0.455 e. The third-order valence-electron chi connectivity index (χ3n) is 2.39. The van der Waals surface area contributed by atoms with Gasteiger partial charge in [0.1, 0.15) is 29.9 Å². The molecule has 0 spiro atoms. The Kier molecular flexibility index (Phi) is 5.83. The fourth-order valence-corrected chi connectivity index (χ4v) is 2.42. The molecular weight excluding hydrogens is 264 g/mol. The number of rotatable bonds is 3. The van der Waals surface area contributed by atoms with Crippen LogP contribution in [0.2, 0.25) is 0 Å². The SMILES string of the molecule is CC(C)OC(=O)SC1O[C@H](CO)[C@@H](O)[C@H](O)[C@H]1O. The van der Waals surface area contributed by atoms with E-state index in [1.165, 1.54) is 0 Å². The van der Waals surface area contributed by atoms with Crippen molar-refractivity contribution in [1.82, 2.24) is 0 Å². The molecule has 1 aliphatic heterocycles. The Morgan fingerprint density at radius 2 is 1.89 bits per heavy atom. The second-order valence-electron chi connectivity index (χ2n) is 4.23. The summed E-state index contributed by atoms with van der Waals surface area (Å²) in [5.74, 6) is 0. The predicted molar refractivity (Wildman–Crippen MR) is 63.0 cm³/mol. The smallest absolute Gasteiger partial charge is 0.370 e. The summed E-state index contributed by atoms with van der Waals surface area (Å²) in [6, 6.07) is 0. The lowest BCUT2D eigenvalue weighted by atomic mass is 10.0. The highest BCUT2D eigenvalue weighted by Gasteiger charge is 2.44. The summed E-state index contributed by atoms with van der Waals surface area (Å²) in [7, 11) is 0. The van der Waals surface area contributed by atoms with E-state index in [0.29, 0.717) is 11.8 Å². The first-order valence-corrected chi connectivity index (χ1v) is 6.42. The van der Waals surface area contributed by atoms with E-state index in [-0.39, 0.29) is 6.10 Å². The maximum atomic E-state index is 11.4. The van der Waals surface area contributed by atoms with Gasteiger partial charge in [0.2, 0.25) is 0 Å². The molecule has 8 heteroatoms. The maximum Gasteiger partial charge on any atom is 0.370 e. The lowest BCUT2D eigenvalue weighted by Crippen LogP contribution is -2.57. The van der Waals surface area contributed by atoms with Crippen molar-refractivity contribution in [2.45, 2.75) is 49.8 Å². The highest BCUT2D eigenvalue weighted by molar-refractivity contribution is 8.13. The quantitative estimate of drug-likeness (QED) is 0.490. The Bertz CT molecular complexity index is 283. The fourth-order valence-electron chi connectivity index (χ4n) is 1.48. The van der Waals surface area contributed by atoms with Crippen LogP contribution in [0.4, 0.5) is 4.79 Å². The van der Waals surface area contributed by atoms with E-state index < -0.39 is 41.8 Å². The van der Waals surface area contributed by atoms with Crippen molar-refractivity contribution in [3.63, 3.8) is 0 Å². The summed E-state index contributed by atoms with van der Waals surface area (Å²) in [4.78, 5) is 11.4. The fraction of sp³-hybridized carbons (Fsp3) is 0.900. The number of ether oxygens (including phenoxy) is 2. The van der Waals surface area contributed by atoms with Gasteiger partial charge < -0.3 is 29.9 Å². The van der Waals surface area contributed by atoms with E-state index in [1.54, 1.807) is 13.8 Å². The van der Waals surface area contributed by atoms with Gasteiger partial charge in [0.15, 0.2) is 0 Å². The lowest BCUT2D eigenvalue weighted by Gasteiger charge is -2.39. The summed E-state index contributed by atoms with van der Waals surface area (Å²) >= 11 is 0.566. The molecule has 0 aromatic carbocycles. The molecule has 18 heavy (non-hydrogen) atoms. The second kappa shape index (κ2) is 6.69. The van der Waals surface area contributed by atoms with Gasteiger partial charge in [-0.25, -0.2) is 4.79 Å². The van der Waals surface area contributed by atoms with E-state index in [0.717, 1.165) is 0 Å². The molecule has 7 nitrogen and oxygen atoms in total. The average Bonchev–Trinajstić information content (AvgIpc) is 2.29. The van der Waals surface area contributed by atoms with E-state index in [2.05, 4.69) is 0 Å². The van der Waals surface area contributed by atoms with Crippen LogP contribution in [0.15, 0.2) is 0 Å².